The molecule has 0 saturated carbocycles. The molecule has 0 aliphatic carbocycles. The van der Waals surface area contributed by atoms with E-state index in [1.807, 2.05) is 31.6 Å². The summed E-state index contributed by atoms with van der Waals surface area (Å²) in [6, 6.07) is 7.70. The number of hydrogen-bond acceptors (Lipinski definition) is 4. The fourth-order valence-corrected chi connectivity index (χ4v) is 3.64. The summed E-state index contributed by atoms with van der Waals surface area (Å²) in [4.78, 5) is 14.5. The molecule has 1 aromatic heterocycles. The molecular formula is C17H19ClN2O2S. The first-order valence-electron chi connectivity index (χ1n) is 7.46. The van der Waals surface area contributed by atoms with E-state index < -0.39 is 6.10 Å². The standard InChI is InChI=1S/C17H19ClN2O2S/c1-20(2)14(11-5-6-23-10-11)9-19-17(21)16-8-12-7-13(18)3-4-15(12)22-16/h3-7,10,14,16H,8-9H2,1-2H3,(H,19,21)/t14-,16+/m0/s1. The van der Waals surface area contributed by atoms with Gasteiger partial charge in [0.2, 0.25) is 0 Å². The van der Waals surface area contributed by atoms with Crippen LogP contribution in [0.5, 0.6) is 5.75 Å². The summed E-state index contributed by atoms with van der Waals surface area (Å²) < 4.78 is 5.72. The van der Waals surface area contributed by atoms with E-state index in [0.717, 1.165) is 11.3 Å². The monoisotopic (exact) mass is 350 g/mol. The lowest BCUT2D eigenvalue weighted by Crippen LogP contribution is -2.41. The molecule has 23 heavy (non-hydrogen) atoms. The van der Waals surface area contributed by atoms with Crippen LogP contribution in [0.2, 0.25) is 5.02 Å². The van der Waals surface area contributed by atoms with Crippen molar-refractivity contribution in [3.05, 3.63) is 51.2 Å². The number of carbonyl (C=O) groups is 1. The molecule has 6 heteroatoms. The topological polar surface area (TPSA) is 41.6 Å². The Morgan fingerprint density at radius 1 is 1.48 bits per heavy atom. The van der Waals surface area contributed by atoms with Crippen LogP contribution < -0.4 is 10.1 Å². The van der Waals surface area contributed by atoms with Gasteiger partial charge in [-0.05, 0) is 60.2 Å². The fourth-order valence-electron chi connectivity index (χ4n) is 2.74. The lowest BCUT2D eigenvalue weighted by atomic mass is 10.1. The van der Waals surface area contributed by atoms with Crippen molar-refractivity contribution in [2.24, 2.45) is 0 Å². The van der Waals surface area contributed by atoms with Crippen LogP contribution in [0.1, 0.15) is 17.2 Å². The maximum absolute atomic E-state index is 12.4. The Balaban J connectivity index is 1.60. The van der Waals surface area contributed by atoms with E-state index in [9.17, 15) is 4.79 Å². The zero-order chi connectivity index (χ0) is 16.4. The van der Waals surface area contributed by atoms with E-state index in [1.54, 1.807) is 17.4 Å². The Bertz CT molecular complexity index is 688. The first-order valence-corrected chi connectivity index (χ1v) is 8.78. The number of rotatable bonds is 5. The largest absolute Gasteiger partial charge is 0.480 e. The summed E-state index contributed by atoms with van der Waals surface area (Å²) in [7, 11) is 4.02. The molecule has 0 radical (unpaired) electrons. The SMILES string of the molecule is CN(C)[C@@H](CNC(=O)[C@H]1Cc2cc(Cl)ccc2O1)c1ccsc1. The number of nitrogens with one attached hydrogen (secondary N) is 1. The van der Waals surface area contributed by atoms with E-state index in [2.05, 4.69) is 21.7 Å². The van der Waals surface area contributed by atoms with Crippen LogP contribution in [0.25, 0.3) is 0 Å². The third-order valence-corrected chi connectivity index (χ3v) is 4.95. The minimum absolute atomic E-state index is 0.0839. The molecule has 0 bridgehead atoms. The average molecular weight is 351 g/mol. The van der Waals surface area contributed by atoms with Crippen LogP contribution >= 0.6 is 22.9 Å². The molecule has 0 unspecified atom stereocenters. The molecule has 4 nitrogen and oxygen atoms in total. The first-order chi connectivity index (χ1) is 11.0. The predicted octanol–water partition coefficient (Wildman–Crippen LogP) is 3.12. The highest BCUT2D eigenvalue weighted by Gasteiger charge is 2.29. The highest BCUT2D eigenvalue weighted by Crippen LogP contribution is 2.31. The van der Waals surface area contributed by atoms with Gasteiger partial charge >= 0.3 is 0 Å². The molecular weight excluding hydrogens is 332 g/mol. The number of likely N-dealkylation sites (N-methyl/N-ethyl adjacent to an activating group) is 1. The number of hydrogen-bond donors (Lipinski definition) is 1. The Hall–Kier alpha value is -1.56. The molecule has 2 atom stereocenters. The van der Waals surface area contributed by atoms with Crippen LogP contribution in [0.15, 0.2) is 35.0 Å². The summed E-state index contributed by atoms with van der Waals surface area (Å²) in [5.74, 6) is 0.663. The van der Waals surface area contributed by atoms with Gasteiger partial charge in [0.25, 0.3) is 5.91 Å². The molecule has 2 heterocycles. The maximum Gasteiger partial charge on any atom is 0.261 e. The number of ether oxygens (including phenoxy) is 1. The Morgan fingerprint density at radius 3 is 3.00 bits per heavy atom. The van der Waals surface area contributed by atoms with Gasteiger partial charge in [0, 0.05) is 18.0 Å². The zero-order valence-corrected chi connectivity index (χ0v) is 14.7. The lowest BCUT2D eigenvalue weighted by molar-refractivity contribution is -0.127. The number of amides is 1. The van der Waals surface area contributed by atoms with Gasteiger partial charge < -0.3 is 15.0 Å². The van der Waals surface area contributed by atoms with Gasteiger partial charge in [-0.15, -0.1) is 0 Å². The van der Waals surface area contributed by atoms with Crippen molar-refractivity contribution in [3.8, 4) is 5.75 Å². The van der Waals surface area contributed by atoms with E-state index in [1.165, 1.54) is 5.56 Å². The van der Waals surface area contributed by atoms with Crippen molar-refractivity contribution in [1.29, 1.82) is 0 Å². The summed E-state index contributed by atoms with van der Waals surface area (Å²) >= 11 is 7.65. The molecule has 3 rings (SSSR count). The molecule has 1 N–H and O–H groups in total. The van der Waals surface area contributed by atoms with Crippen molar-refractivity contribution in [3.63, 3.8) is 0 Å². The number of nitrogens with zero attached hydrogens (tertiary/aromatic N) is 1. The maximum atomic E-state index is 12.4. The van der Waals surface area contributed by atoms with Crippen molar-refractivity contribution in [2.75, 3.05) is 20.6 Å². The average Bonchev–Trinajstić information content (AvgIpc) is 3.15. The smallest absolute Gasteiger partial charge is 0.261 e. The Labute approximate surface area is 145 Å². The summed E-state index contributed by atoms with van der Waals surface area (Å²) in [6.45, 7) is 0.555. The van der Waals surface area contributed by atoms with Gasteiger partial charge in [-0.1, -0.05) is 11.6 Å². The summed E-state index contributed by atoms with van der Waals surface area (Å²) in [5.41, 5.74) is 2.20. The minimum Gasteiger partial charge on any atom is -0.480 e. The fraction of sp³-hybridized carbons (Fsp3) is 0.353. The van der Waals surface area contributed by atoms with Crippen LogP contribution in [-0.4, -0.2) is 37.6 Å². The van der Waals surface area contributed by atoms with Gasteiger partial charge in [-0.3, -0.25) is 4.79 Å². The normalized spacial score (nSPS) is 17.7. The van der Waals surface area contributed by atoms with Crippen LogP contribution in [-0.2, 0) is 11.2 Å². The number of fused-ring (bicyclic) bond motifs is 1. The number of benzene rings is 1. The lowest BCUT2D eigenvalue weighted by Gasteiger charge is -2.24. The molecule has 122 valence electrons. The van der Waals surface area contributed by atoms with Crippen LogP contribution in [0.4, 0.5) is 0 Å². The Kier molecular flexibility index (Phi) is 4.90. The Morgan fingerprint density at radius 2 is 2.30 bits per heavy atom. The second kappa shape index (κ2) is 6.91. The summed E-state index contributed by atoms with van der Waals surface area (Å²) in [6.07, 6.45) is 0.0843. The minimum atomic E-state index is -0.478. The number of carbonyl (C=O) groups excluding carboxylic acids is 1. The van der Waals surface area contributed by atoms with Crippen LogP contribution in [0.3, 0.4) is 0 Å². The van der Waals surface area contributed by atoms with Gasteiger partial charge in [0.1, 0.15) is 5.75 Å². The number of halogens is 1. The third-order valence-electron chi connectivity index (χ3n) is 4.01. The predicted molar refractivity (Wildman–Crippen MR) is 93.3 cm³/mol. The zero-order valence-electron chi connectivity index (χ0n) is 13.1. The van der Waals surface area contributed by atoms with Gasteiger partial charge in [-0.2, -0.15) is 11.3 Å². The van der Waals surface area contributed by atoms with E-state index in [-0.39, 0.29) is 11.9 Å². The molecule has 2 aromatic rings. The van der Waals surface area contributed by atoms with Crippen LogP contribution in [0, 0.1) is 0 Å². The van der Waals surface area contributed by atoms with E-state index in [0.29, 0.717) is 18.0 Å². The van der Waals surface area contributed by atoms with Gasteiger partial charge in [0.05, 0.1) is 6.04 Å². The highest BCUT2D eigenvalue weighted by atomic mass is 35.5. The molecule has 0 fully saturated rings. The molecule has 1 aliphatic rings. The molecule has 1 aromatic carbocycles. The van der Waals surface area contributed by atoms with E-state index in [4.69, 9.17) is 16.3 Å². The molecule has 0 spiro atoms. The first kappa shape index (κ1) is 16.3. The van der Waals surface area contributed by atoms with E-state index >= 15 is 0 Å². The number of thiophene rings is 1. The van der Waals surface area contributed by atoms with Crippen molar-refractivity contribution < 1.29 is 9.53 Å². The van der Waals surface area contributed by atoms with Crippen molar-refractivity contribution in [1.82, 2.24) is 10.2 Å². The van der Waals surface area contributed by atoms with Gasteiger partial charge in [0.15, 0.2) is 6.10 Å². The second-order valence-corrected chi connectivity index (χ2v) is 7.06. The quantitative estimate of drug-likeness (QED) is 0.900. The molecule has 0 saturated heterocycles. The van der Waals surface area contributed by atoms with Crippen molar-refractivity contribution in [2.45, 2.75) is 18.6 Å². The third kappa shape index (κ3) is 3.68. The van der Waals surface area contributed by atoms with Gasteiger partial charge in [-0.25, -0.2) is 0 Å². The highest BCUT2D eigenvalue weighted by molar-refractivity contribution is 7.07. The second-order valence-electron chi connectivity index (χ2n) is 5.84. The molecule has 1 amide bonds. The summed E-state index contributed by atoms with van der Waals surface area (Å²) in [5, 5.41) is 7.84. The van der Waals surface area contributed by atoms with Crippen molar-refractivity contribution >= 4 is 28.8 Å². The molecule has 1 aliphatic heterocycles.